The fourth-order valence-electron chi connectivity index (χ4n) is 0.884. The van der Waals surface area contributed by atoms with Gasteiger partial charge in [-0.05, 0) is 6.42 Å². The first-order valence-electron chi connectivity index (χ1n) is 3.15. The summed E-state index contributed by atoms with van der Waals surface area (Å²) in [5.41, 5.74) is 0. The summed E-state index contributed by atoms with van der Waals surface area (Å²) in [7, 11) is 0. The van der Waals surface area contributed by atoms with E-state index >= 15 is 0 Å². The molecule has 10 heavy (non-hydrogen) atoms. The molecule has 1 unspecified atom stereocenters. The molecule has 1 amide bonds. The summed E-state index contributed by atoms with van der Waals surface area (Å²) in [4.78, 5) is 21.4. The molecule has 1 fully saturated rings. The van der Waals surface area contributed by atoms with E-state index in [0.29, 0.717) is 6.54 Å². The number of carbonyl (C=O) groups is 2. The average Bonchev–Trinajstić information content (AvgIpc) is 2.15. The lowest BCUT2D eigenvalue weighted by Crippen LogP contribution is -2.21. The predicted molar refractivity (Wildman–Crippen MR) is 39.7 cm³/mol. The van der Waals surface area contributed by atoms with Crippen molar-refractivity contribution in [3.8, 4) is 0 Å². The van der Waals surface area contributed by atoms with Gasteiger partial charge in [0.15, 0.2) is 5.12 Å². The van der Waals surface area contributed by atoms with Gasteiger partial charge in [0.25, 0.3) is 0 Å². The lowest BCUT2D eigenvalue weighted by molar-refractivity contribution is -0.119. The number of thioether (sulfide) groups is 1. The Bertz CT molecular complexity index is 169. The SMILES string of the molecule is CC(=O)SC1CCNC1=O. The molecule has 0 radical (unpaired) electrons. The first-order chi connectivity index (χ1) is 4.70. The van der Waals surface area contributed by atoms with Crippen LogP contribution in [0.5, 0.6) is 0 Å². The number of hydrogen-bond donors (Lipinski definition) is 1. The van der Waals surface area contributed by atoms with Crippen LogP contribution in [0.25, 0.3) is 0 Å². The molecular formula is C6H9NO2S. The van der Waals surface area contributed by atoms with Gasteiger partial charge in [-0.2, -0.15) is 0 Å². The predicted octanol–water partition coefficient (Wildman–Crippen LogP) is 0.155. The van der Waals surface area contributed by atoms with Gasteiger partial charge in [0.1, 0.15) is 0 Å². The fraction of sp³-hybridized carbons (Fsp3) is 0.667. The third-order valence-electron chi connectivity index (χ3n) is 1.31. The Hall–Kier alpha value is -0.510. The van der Waals surface area contributed by atoms with Gasteiger partial charge in [-0.25, -0.2) is 0 Å². The van der Waals surface area contributed by atoms with Crippen LogP contribution in [0.4, 0.5) is 0 Å². The smallest absolute Gasteiger partial charge is 0.233 e. The van der Waals surface area contributed by atoms with Gasteiger partial charge in [0.2, 0.25) is 5.91 Å². The van der Waals surface area contributed by atoms with E-state index in [1.165, 1.54) is 6.92 Å². The molecule has 1 saturated heterocycles. The molecule has 1 rings (SSSR count). The van der Waals surface area contributed by atoms with Crippen LogP contribution in [0.1, 0.15) is 13.3 Å². The molecule has 0 bridgehead atoms. The minimum atomic E-state index is -0.127. The van der Waals surface area contributed by atoms with Crippen molar-refractivity contribution in [2.75, 3.05) is 6.54 Å². The highest BCUT2D eigenvalue weighted by atomic mass is 32.2. The third kappa shape index (κ3) is 1.73. The second-order valence-corrected chi connectivity index (χ2v) is 3.56. The van der Waals surface area contributed by atoms with Crippen molar-refractivity contribution in [3.63, 3.8) is 0 Å². The molecular weight excluding hydrogens is 150 g/mol. The molecule has 0 aliphatic carbocycles. The molecule has 0 aromatic carbocycles. The minimum absolute atomic E-state index is 0.000185. The highest BCUT2D eigenvalue weighted by Crippen LogP contribution is 2.18. The third-order valence-corrected chi connectivity index (χ3v) is 2.37. The van der Waals surface area contributed by atoms with Crippen LogP contribution in [0, 0.1) is 0 Å². The summed E-state index contributed by atoms with van der Waals surface area (Å²) in [6.45, 7) is 2.19. The number of nitrogens with one attached hydrogen (secondary N) is 1. The van der Waals surface area contributed by atoms with Crippen LogP contribution in [0.3, 0.4) is 0 Å². The van der Waals surface area contributed by atoms with E-state index in [1.54, 1.807) is 0 Å². The fourth-order valence-corrected chi connectivity index (χ4v) is 1.71. The maximum atomic E-state index is 10.8. The number of carbonyl (C=O) groups excluding carboxylic acids is 2. The second kappa shape index (κ2) is 3.05. The molecule has 1 aliphatic rings. The lowest BCUT2D eigenvalue weighted by atomic mass is 10.4. The Balaban J connectivity index is 2.40. The summed E-state index contributed by atoms with van der Waals surface area (Å²) in [5, 5.41) is 2.55. The van der Waals surface area contributed by atoms with Crippen LogP contribution < -0.4 is 5.32 Å². The highest BCUT2D eigenvalue weighted by Gasteiger charge is 2.25. The van der Waals surface area contributed by atoms with Gasteiger partial charge in [0.05, 0.1) is 5.25 Å². The molecule has 1 atom stereocenters. The normalized spacial score (nSPS) is 24.5. The van der Waals surface area contributed by atoms with E-state index in [4.69, 9.17) is 0 Å². The van der Waals surface area contributed by atoms with Crippen LogP contribution in [0.2, 0.25) is 0 Å². The lowest BCUT2D eigenvalue weighted by Gasteiger charge is -2.00. The molecule has 1 N–H and O–H groups in total. The largest absolute Gasteiger partial charge is 0.355 e. The van der Waals surface area contributed by atoms with Crippen molar-refractivity contribution in [1.29, 1.82) is 0 Å². The van der Waals surface area contributed by atoms with Crippen LogP contribution in [0.15, 0.2) is 0 Å². The maximum Gasteiger partial charge on any atom is 0.233 e. The first kappa shape index (κ1) is 7.60. The van der Waals surface area contributed by atoms with Crippen molar-refractivity contribution >= 4 is 22.8 Å². The monoisotopic (exact) mass is 159 g/mol. The Morgan fingerprint density at radius 1 is 1.80 bits per heavy atom. The first-order valence-corrected chi connectivity index (χ1v) is 4.03. The topological polar surface area (TPSA) is 46.2 Å². The Morgan fingerprint density at radius 2 is 2.50 bits per heavy atom. The minimum Gasteiger partial charge on any atom is -0.355 e. The summed E-state index contributed by atoms with van der Waals surface area (Å²) in [6.07, 6.45) is 0.781. The van der Waals surface area contributed by atoms with Crippen LogP contribution >= 0.6 is 11.8 Å². The Morgan fingerprint density at radius 3 is 2.90 bits per heavy atom. The number of rotatable bonds is 1. The molecule has 0 aromatic heterocycles. The van der Waals surface area contributed by atoms with Crippen LogP contribution in [-0.4, -0.2) is 22.8 Å². The zero-order chi connectivity index (χ0) is 7.56. The van der Waals surface area contributed by atoms with E-state index in [2.05, 4.69) is 5.32 Å². The quantitative estimate of drug-likeness (QED) is 0.592. The molecule has 0 aromatic rings. The standard InChI is InChI=1S/C6H9NO2S/c1-4(8)10-5-2-3-7-6(5)9/h5H,2-3H2,1H3,(H,7,9). The molecule has 4 heteroatoms. The summed E-state index contributed by atoms with van der Waals surface area (Å²) >= 11 is 1.12. The molecule has 0 spiro atoms. The van der Waals surface area contributed by atoms with Crippen molar-refractivity contribution in [2.24, 2.45) is 0 Å². The molecule has 0 saturated carbocycles. The van der Waals surface area contributed by atoms with Crippen molar-refractivity contribution in [3.05, 3.63) is 0 Å². The zero-order valence-corrected chi connectivity index (χ0v) is 6.53. The summed E-state index contributed by atoms with van der Waals surface area (Å²) in [5.74, 6) is 0.000185. The molecule has 3 nitrogen and oxygen atoms in total. The highest BCUT2D eigenvalue weighted by molar-refractivity contribution is 8.14. The van der Waals surface area contributed by atoms with E-state index in [1.807, 2.05) is 0 Å². The van der Waals surface area contributed by atoms with Crippen molar-refractivity contribution in [2.45, 2.75) is 18.6 Å². The van der Waals surface area contributed by atoms with Gasteiger partial charge >= 0.3 is 0 Å². The Kier molecular flexibility index (Phi) is 2.32. The number of hydrogen-bond acceptors (Lipinski definition) is 3. The molecule has 1 aliphatic heterocycles. The second-order valence-electron chi connectivity index (χ2n) is 2.18. The summed E-state index contributed by atoms with van der Waals surface area (Å²) in [6, 6.07) is 0. The Labute approximate surface area is 63.6 Å². The summed E-state index contributed by atoms with van der Waals surface area (Å²) < 4.78 is 0. The average molecular weight is 159 g/mol. The van der Waals surface area contributed by atoms with Crippen LogP contribution in [-0.2, 0) is 9.59 Å². The van der Waals surface area contributed by atoms with Crippen molar-refractivity contribution in [1.82, 2.24) is 5.32 Å². The molecule has 56 valence electrons. The molecule has 1 heterocycles. The van der Waals surface area contributed by atoms with Gasteiger partial charge in [0, 0.05) is 13.5 Å². The van der Waals surface area contributed by atoms with E-state index in [9.17, 15) is 9.59 Å². The maximum absolute atomic E-state index is 10.8. The van der Waals surface area contributed by atoms with Gasteiger partial charge in [-0.15, -0.1) is 0 Å². The van der Waals surface area contributed by atoms with Gasteiger partial charge < -0.3 is 5.32 Å². The van der Waals surface area contributed by atoms with Gasteiger partial charge in [-0.1, -0.05) is 11.8 Å². The van der Waals surface area contributed by atoms with Gasteiger partial charge in [-0.3, -0.25) is 9.59 Å². The zero-order valence-electron chi connectivity index (χ0n) is 5.72. The van der Waals surface area contributed by atoms with Crippen molar-refractivity contribution < 1.29 is 9.59 Å². The van der Waals surface area contributed by atoms with E-state index in [0.717, 1.165) is 18.2 Å². The van der Waals surface area contributed by atoms with E-state index in [-0.39, 0.29) is 16.3 Å². The van der Waals surface area contributed by atoms with E-state index < -0.39 is 0 Å². The number of amides is 1.